The van der Waals surface area contributed by atoms with Gasteiger partial charge in [0.2, 0.25) is 5.95 Å². The third-order valence-electron chi connectivity index (χ3n) is 3.18. The van der Waals surface area contributed by atoms with E-state index >= 15 is 0 Å². The first-order chi connectivity index (χ1) is 10.2. The summed E-state index contributed by atoms with van der Waals surface area (Å²) in [4.78, 5) is 12.9. The van der Waals surface area contributed by atoms with Crippen molar-refractivity contribution in [3.63, 3.8) is 0 Å². The molecule has 2 rings (SSSR count). The van der Waals surface area contributed by atoms with E-state index in [2.05, 4.69) is 40.2 Å². The van der Waals surface area contributed by atoms with E-state index in [0.717, 1.165) is 12.8 Å². The molecule has 0 aliphatic carbocycles. The molecule has 0 aromatic carbocycles. The molecule has 2 heterocycles. The topological polar surface area (TPSA) is 74.5 Å². The lowest BCUT2D eigenvalue weighted by Gasteiger charge is -2.14. The van der Waals surface area contributed by atoms with Gasteiger partial charge in [-0.1, -0.05) is 19.4 Å². The molecule has 1 N–H and O–H groups in total. The molecular weight excluding hydrogens is 262 g/mol. The predicted molar refractivity (Wildman–Crippen MR) is 81.7 cm³/mol. The van der Waals surface area contributed by atoms with Crippen molar-refractivity contribution in [2.24, 2.45) is 0 Å². The van der Waals surface area contributed by atoms with Crippen molar-refractivity contribution < 1.29 is 0 Å². The summed E-state index contributed by atoms with van der Waals surface area (Å²) in [6.45, 7) is 4.24. The van der Waals surface area contributed by atoms with Crippen molar-refractivity contribution in [1.29, 1.82) is 5.26 Å². The van der Waals surface area contributed by atoms with Crippen LogP contribution in [0.2, 0.25) is 0 Å². The van der Waals surface area contributed by atoms with Crippen LogP contribution in [0.15, 0.2) is 36.7 Å². The van der Waals surface area contributed by atoms with Crippen molar-refractivity contribution in [3.05, 3.63) is 48.0 Å². The van der Waals surface area contributed by atoms with Crippen molar-refractivity contribution in [2.75, 3.05) is 5.32 Å². The highest BCUT2D eigenvalue weighted by atomic mass is 15.1. The fourth-order valence-corrected chi connectivity index (χ4v) is 2.16. The average Bonchev–Trinajstić information content (AvgIpc) is 2.50. The van der Waals surface area contributed by atoms with Crippen LogP contribution >= 0.6 is 0 Å². The Labute approximate surface area is 125 Å². The standard InChI is InChI=1S/C16H19N5/c1-3-6-12(2)20-16-19-10-8-15(21-16)13(11-17)14-7-4-5-9-18-14/h4-5,7-10,12-13H,3,6H2,1-2H3,(H,19,20,21). The van der Waals surface area contributed by atoms with E-state index in [1.54, 1.807) is 18.5 Å². The summed E-state index contributed by atoms with van der Waals surface area (Å²) in [7, 11) is 0. The molecule has 2 atom stereocenters. The maximum atomic E-state index is 9.42. The zero-order valence-electron chi connectivity index (χ0n) is 12.3. The van der Waals surface area contributed by atoms with Gasteiger partial charge in [-0.3, -0.25) is 4.98 Å². The second-order valence-corrected chi connectivity index (χ2v) is 4.96. The number of nitrogens with zero attached hydrogens (tertiary/aromatic N) is 4. The highest BCUT2D eigenvalue weighted by Gasteiger charge is 2.17. The minimum absolute atomic E-state index is 0.306. The van der Waals surface area contributed by atoms with Crippen LogP contribution in [0.3, 0.4) is 0 Å². The van der Waals surface area contributed by atoms with E-state index in [4.69, 9.17) is 0 Å². The molecule has 0 spiro atoms. The smallest absolute Gasteiger partial charge is 0.223 e. The van der Waals surface area contributed by atoms with Gasteiger partial charge in [0.25, 0.3) is 0 Å². The molecule has 0 saturated heterocycles. The lowest BCUT2D eigenvalue weighted by molar-refractivity contribution is 0.682. The van der Waals surface area contributed by atoms with E-state index in [1.165, 1.54) is 0 Å². The molecule has 108 valence electrons. The van der Waals surface area contributed by atoms with Crippen LogP contribution in [-0.4, -0.2) is 21.0 Å². The van der Waals surface area contributed by atoms with E-state index in [-0.39, 0.29) is 0 Å². The molecule has 0 aliphatic rings. The van der Waals surface area contributed by atoms with Crippen molar-refractivity contribution in [1.82, 2.24) is 15.0 Å². The first-order valence-corrected chi connectivity index (χ1v) is 7.14. The zero-order chi connectivity index (χ0) is 15.1. The Hall–Kier alpha value is -2.48. The first-order valence-electron chi connectivity index (χ1n) is 7.14. The Morgan fingerprint density at radius 3 is 2.71 bits per heavy atom. The molecule has 0 aliphatic heterocycles. The molecule has 0 amide bonds. The van der Waals surface area contributed by atoms with Crippen molar-refractivity contribution >= 4 is 5.95 Å². The van der Waals surface area contributed by atoms with Crippen LogP contribution < -0.4 is 5.32 Å². The summed E-state index contributed by atoms with van der Waals surface area (Å²) in [5.41, 5.74) is 1.36. The Bertz CT molecular complexity index is 606. The van der Waals surface area contributed by atoms with Gasteiger partial charge in [0.15, 0.2) is 0 Å². The van der Waals surface area contributed by atoms with Crippen LogP contribution in [0.25, 0.3) is 0 Å². The summed E-state index contributed by atoms with van der Waals surface area (Å²) in [5, 5.41) is 12.7. The third kappa shape index (κ3) is 3.99. The van der Waals surface area contributed by atoms with E-state index in [9.17, 15) is 5.26 Å². The van der Waals surface area contributed by atoms with E-state index in [1.807, 2.05) is 18.2 Å². The van der Waals surface area contributed by atoms with E-state index in [0.29, 0.717) is 23.4 Å². The fraction of sp³-hybridized carbons (Fsp3) is 0.375. The number of rotatable bonds is 6. The quantitative estimate of drug-likeness (QED) is 0.880. The Kier molecular flexibility index (Phi) is 5.22. The van der Waals surface area contributed by atoms with Crippen molar-refractivity contribution in [2.45, 2.75) is 38.6 Å². The lowest BCUT2D eigenvalue weighted by Crippen LogP contribution is -2.17. The van der Waals surface area contributed by atoms with Gasteiger partial charge in [0, 0.05) is 18.4 Å². The highest BCUT2D eigenvalue weighted by molar-refractivity contribution is 5.34. The maximum absolute atomic E-state index is 9.42. The number of nitrogens with one attached hydrogen (secondary N) is 1. The number of anilines is 1. The summed E-state index contributed by atoms with van der Waals surface area (Å²) in [6, 6.07) is 9.87. The van der Waals surface area contributed by atoms with Gasteiger partial charge < -0.3 is 5.32 Å². The normalized spacial score (nSPS) is 13.2. The number of nitriles is 1. The largest absolute Gasteiger partial charge is 0.352 e. The molecule has 0 bridgehead atoms. The summed E-state index contributed by atoms with van der Waals surface area (Å²) in [6.07, 6.45) is 5.51. The SMILES string of the molecule is CCCC(C)Nc1nccc(C(C#N)c2ccccn2)n1. The Balaban J connectivity index is 2.22. The molecule has 21 heavy (non-hydrogen) atoms. The van der Waals surface area contributed by atoms with Crippen LogP contribution in [0.5, 0.6) is 0 Å². The van der Waals surface area contributed by atoms with Crippen molar-refractivity contribution in [3.8, 4) is 6.07 Å². The Morgan fingerprint density at radius 2 is 2.05 bits per heavy atom. The van der Waals surface area contributed by atoms with Gasteiger partial charge in [-0.15, -0.1) is 0 Å². The number of hydrogen-bond donors (Lipinski definition) is 1. The number of pyridine rings is 1. The van der Waals surface area contributed by atoms with E-state index < -0.39 is 5.92 Å². The molecular formula is C16H19N5. The minimum Gasteiger partial charge on any atom is -0.352 e. The summed E-state index contributed by atoms with van der Waals surface area (Å²) in [5.74, 6) is 0.0841. The monoisotopic (exact) mass is 281 g/mol. The predicted octanol–water partition coefficient (Wildman–Crippen LogP) is 3.13. The number of aromatic nitrogens is 3. The third-order valence-corrected chi connectivity index (χ3v) is 3.18. The molecule has 2 unspecified atom stereocenters. The Morgan fingerprint density at radius 1 is 1.19 bits per heavy atom. The van der Waals surface area contributed by atoms with Crippen LogP contribution in [0.1, 0.15) is 44.0 Å². The molecule has 2 aromatic rings. The second-order valence-electron chi connectivity index (χ2n) is 4.96. The van der Waals surface area contributed by atoms with Gasteiger partial charge in [-0.05, 0) is 31.5 Å². The van der Waals surface area contributed by atoms with Gasteiger partial charge in [-0.2, -0.15) is 5.26 Å². The second kappa shape index (κ2) is 7.34. The summed E-state index contributed by atoms with van der Waals surface area (Å²) >= 11 is 0. The van der Waals surface area contributed by atoms with Gasteiger partial charge >= 0.3 is 0 Å². The lowest BCUT2D eigenvalue weighted by atomic mass is 10.0. The van der Waals surface area contributed by atoms with Gasteiger partial charge in [-0.25, -0.2) is 9.97 Å². The first kappa shape index (κ1) is 14.9. The molecule has 5 nitrogen and oxygen atoms in total. The highest BCUT2D eigenvalue weighted by Crippen LogP contribution is 2.20. The average molecular weight is 281 g/mol. The molecule has 2 aromatic heterocycles. The van der Waals surface area contributed by atoms with Gasteiger partial charge in [0.05, 0.1) is 17.5 Å². The minimum atomic E-state index is -0.476. The molecule has 0 saturated carbocycles. The van der Waals surface area contributed by atoms with Gasteiger partial charge in [0.1, 0.15) is 5.92 Å². The zero-order valence-corrected chi connectivity index (χ0v) is 12.3. The molecule has 0 radical (unpaired) electrons. The summed E-state index contributed by atoms with van der Waals surface area (Å²) < 4.78 is 0. The molecule has 5 heteroatoms. The van der Waals surface area contributed by atoms with Crippen LogP contribution in [0, 0.1) is 11.3 Å². The molecule has 0 fully saturated rings. The van der Waals surface area contributed by atoms with Crippen LogP contribution in [-0.2, 0) is 0 Å². The fourth-order valence-electron chi connectivity index (χ4n) is 2.16. The van der Waals surface area contributed by atoms with Crippen LogP contribution in [0.4, 0.5) is 5.95 Å². The maximum Gasteiger partial charge on any atom is 0.223 e. The number of hydrogen-bond acceptors (Lipinski definition) is 5.